The third-order valence-corrected chi connectivity index (χ3v) is 1.48. The highest BCUT2D eigenvalue weighted by atomic mass is 16.6. The van der Waals surface area contributed by atoms with Gasteiger partial charge in [-0.15, -0.1) is 0 Å². The Morgan fingerprint density at radius 2 is 1.87 bits per heavy atom. The van der Waals surface area contributed by atoms with Gasteiger partial charge in [0.1, 0.15) is 11.6 Å². The van der Waals surface area contributed by atoms with Gasteiger partial charge < -0.3 is 15.4 Å². The first-order valence-electron chi connectivity index (χ1n) is 5.03. The Labute approximate surface area is 90.6 Å². The van der Waals surface area contributed by atoms with Gasteiger partial charge in [-0.3, -0.25) is 4.79 Å². The Hall–Kier alpha value is -1.26. The molecule has 2 N–H and O–H groups in total. The van der Waals surface area contributed by atoms with Gasteiger partial charge >= 0.3 is 6.09 Å². The van der Waals surface area contributed by atoms with Crippen molar-refractivity contribution < 1.29 is 14.3 Å². The molecule has 1 atom stereocenters. The van der Waals surface area contributed by atoms with Crippen LogP contribution in [-0.4, -0.2) is 30.2 Å². The first kappa shape index (κ1) is 13.7. The van der Waals surface area contributed by atoms with Crippen LogP contribution in [-0.2, 0) is 9.53 Å². The highest BCUT2D eigenvalue weighted by Gasteiger charge is 2.20. The van der Waals surface area contributed by atoms with E-state index in [1.54, 1.807) is 27.7 Å². The second-order valence-corrected chi connectivity index (χ2v) is 4.26. The Kier molecular flexibility index (Phi) is 5.11. The number of nitrogens with one attached hydrogen (secondary N) is 2. The normalized spacial score (nSPS) is 12.9. The molecule has 88 valence electrons. The summed E-state index contributed by atoms with van der Waals surface area (Å²) in [5.74, 6) is -0.219. The van der Waals surface area contributed by atoms with Crippen LogP contribution < -0.4 is 10.6 Å². The van der Waals surface area contributed by atoms with E-state index in [2.05, 4.69) is 10.6 Å². The number of ether oxygens (including phenoxy) is 1. The van der Waals surface area contributed by atoms with Gasteiger partial charge in [-0.25, -0.2) is 4.79 Å². The van der Waals surface area contributed by atoms with Crippen LogP contribution in [0.2, 0.25) is 0 Å². The average Bonchev–Trinajstić information content (AvgIpc) is 2.00. The SMILES string of the molecule is CCNC(=O)[C@@H](C)NC(=O)OC(C)(C)C. The largest absolute Gasteiger partial charge is 0.444 e. The highest BCUT2D eigenvalue weighted by Crippen LogP contribution is 2.06. The van der Waals surface area contributed by atoms with Gasteiger partial charge in [0, 0.05) is 6.54 Å². The molecule has 0 aromatic heterocycles. The number of alkyl carbamates (subject to hydrolysis) is 1. The molecule has 0 heterocycles. The number of rotatable bonds is 3. The molecular formula is C10H20N2O3. The van der Waals surface area contributed by atoms with E-state index in [0.29, 0.717) is 6.54 Å². The van der Waals surface area contributed by atoms with Crippen LogP contribution in [0.4, 0.5) is 4.79 Å². The van der Waals surface area contributed by atoms with Crippen molar-refractivity contribution in [1.82, 2.24) is 10.6 Å². The molecular weight excluding hydrogens is 196 g/mol. The van der Waals surface area contributed by atoms with E-state index >= 15 is 0 Å². The van der Waals surface area contributed by atoms with Gasteiger partial charge in [-0.05, 0) is 34.6 Å². The van der Waals surface area contributed by atoms with Gasteiger partial charge in [0.05, 0.1) is 0 Å². The Bertz CT molecular complexity index is 233. The third kappa shape index (κ3) is 6.76. The van der Waals surface area contributed by atoms with Crippen molar-refractivity contribution >= 4 is 12.0 Å². The number of amides is 2. The Morgan fingerprint density at radius 1 is 1.33 bits per heavy atom. The van der Waals surface area contributed by atoms with Crippen molar-refractivity contribution in [2.24, 2.45) is 0 Å². The molecule has 0 fully saturated rings. The molecule has 15 heavy (non-hydrogen) atoms. The van der Waals surface area contributed by atoms with Crippen molar-refractivity contribution in [3.63, 3.8) is 0 Å². The van der Waals surface area contributed by atoms with Crippen LogP contribution in [0.3, 0.4) is 0 Å². The predicted molar refractivity (Wildman–Crippen MR) is 57.5 cm³/mol. The predicted octanol–water partition coefficient (Wildman–Crippen LogP) is 1.04. The minimum absolute atomic E-state index is 0.219. The summed E-state index contributed by atoms with van der Waals surface area (Å²) in [6.45, 7) is 9.27. The van der Waals surface area contributed by atoms with E-state index in [4.69, 9.17) is 4.74 Å². The average molecular weight is 216 g/mol. The molecule has 5 heteroatoms. The number of likely N-dealkylation sites (N-methyl/N-ethyl adjacent to an activating group) is 1. The molecule has 0 radical (unpaired) electrons. The molecule has 0 saturated carbocycles. The lowest BCUT2D eigenvalue weighted by atomic mass is 10.2. The third-order valence-electron chi connectivity index (χ3n) is 1.48. The van der Waals surface area contributed by atoms with Gasteiger partial charge in [0.25, 0.3) is 0 Å². The van der Waals surface area contributed by atoms with Crippen LogP contribution in [0.1, 0.15) is 34.6 Å². The number of hydrogen-bond acceptors (Lipinski definition) is 3. The maximum Gasteiger partial charge on any atom is 0.408 e. The lowest BCUT2D eigenvalue weighted by molar-refractivity contribution is -0.122. The number of carbonyl (C=O) groups is 2. The van der Waals surface area contributed by atoms with Crippen LogP contribution in [0.25, 0.3) is 0 Å². The maximum atomic E-state index is 11.3. The Balaban J connectivity index is 4.02. The second-order valence-electron chi connectivity index (χ2n) is 4.26. The van der Waals surface area contributed by atoms with Gasteiger partial charge in [0.2, 0.25) is 5.91 Å². The van der Waals surface area contributed by atoms with E-state index in [1.165, 1.54) is 0 Å². The Morgan fingerprint density at radius 3 is 2.27 bits per heavy atom. The molecule has 0 saturated heterocycles. The van der Waals surface area contributed by atoms with E-state index in [0.717, 1.165) is 0 Å². The zero-order valence-electron chi connectivity index (χ0n) is 10.0. The molecule has 0 rings (SSSR count). The molecule has 0 aromatic rings. The van der Waals surface area contributed by atoms with Crippen molar-refractivity contribution in [2.45, 2.75) is 46.3 Å². The van der Waals surface area contributed by atoms with Gasteiger partial charge in [-0.2, -0.15) is 0 Å². The summed E-state index contributed by atoms with van der Waals surface area (Å²) in [4.78, 5) is 22.5. The van der Waals surface area contributed by atoms with Gasteiger partial charge in [0.15, 0.2) is 0 Å². The van der Waals surface area contributed by atoms with Crippen LogP contribution in [0, 0.1) is 0 Å². The molecule has 0 unspecified atom stereocenters. The van der Waals surface area contributed by atoms with E-state index < -0.39 is 17.7 Å². The first-order valence-corrected chi connectivity index (χ1v) is 5.03. The minimum Gasteiger partial charge on any atom is -0.444 e. The standard InChI is InChI=1S/C10H20N2O3/c1-6-11-8(13)7(2)12-9(14)15-10(3,4)5/h7H,6H2,1-5H3,(H,11,13)(H,12,14)/t7-/m1/s1. The van der Waals surface area contributed by atoms with E-state index in [-0.39, 0.29) is 5.91 Å². The lowest BCUT2D eigenvalue weighted by Gasteiger charge is -2.21. The number of carbonyl (C=O) groups excluding carboxylic acids is 2. The first-order chi connectivity index (χ1) is 6.76. The fraction of sp³-hybridized carbons (Fsp3) is 0.800. The van der Waals surface area contributed by atoms with Crippen LogP contribution >= 0.6 is 0 Å². The summed E-state index contributed by atoms with van der Waals surface area (Å²) in [5, 5.41) is 5.05. The minimum atomic E-state index is -0.584. The molecule has 0 aliphatic rings. The summed E-state index contributed by atoms with van der Waals surface area (Å²) in [7, 11) is 0. The molecule has 0 aromatic carbocycles. The zero-order chi connectivity index (χ0) is 12.1. The summed E-state index contributed by atoms with van der Waals surface area (Å²) in [5.41, 5.74) is -0.551. The summed E-state index contributed by atoms with van der Waals surface area (Å²) in [6.07, 6.45) is -0.582. The molecule has 0 aliphatic heterocycles. The van der Waals surface area contributed by atoms with Crippen molar-refractivity contribution in [3.05, 3.63) is 0 Å². The van der Waals surface area contributed by atoms with E-state index in [1.807, 2.05) is 6.92 Å². The molecule has 0 aliphatic carbocycles. The summed E-state index contributed by atoms with van der Waals surface area (Å²) < 4.78 is 5.01. The van der Waals surface area contributed by atoms with Crippen molar-refractivity contribution in [2.75, 3.05) is 6.54 Å². The highest BCUT2D eigenvalue weighted by molar-refractivity contribution is 5.85. The maximum absolute atomic E-state index is 11.3. The topological polar surface area (TPSA) is 67.4 Å². The monoisotopic (exact) mass is 216 g/mol. The summed E-state index contributed by atoms with van der Waals surface area (Å²) in [6, 6.07) is -0.584. The smallest absolute Gasteiger partial charge is 0.408 e. The number of hydrogen-bond donors (Lipinski definition) is 2. The molecule has 0 bridgehead atoms. The lowest BCUT2D eigenvalue weighted by Crippen LogP contribution is -2.46. The van der Waals surface area contributed by atoms with Crippen LogP contribution in [0.15, 0.2) is 0 Å². The molecule has 2 amide bonds. The molecule has 0 spiro atoms. The quantitative estimate of drug-likeness (QED) is 0.740. The molecule has 5 nitrogen and oxygen atoms in total. The zero-order valence-corrected chi connectivity index (χ0v) is 10.0. The van der Waals surface area contributed by atoms with E-state index in [9.17, 15) is 9.59 Å². The van der Waals surface area contributed by atoms with Crippen molar-refractivity contribution in [1.29, 1.82) is 0 Å². The fourth-order valence-electron chi connectivity index (χ4n) is 0.877. The fourth-order valence-corrected chi connectivity index (χ4v) is 0.877. The second kappa shape index (κ2) is 5.58. The van der Waals surface area contributed by atoms with Gasteiger partial charge in [-0.1, -0.05) is 0 Å². The van der Waals surface area contributed by atoms with Crippen molar-refractivity contribution in [3.8, 4) is 0 Å². The summed E-state index contributed by atoms with van der Waals surface area (Å²) >= 11 is 0. The van der Waals surface area contributed by atoms with Crippen LogP contribution in [0.5, 0.6) is 0 Å².